The zero-order valence-corrected chi connectivity index (χ0v) is 9.27. The Kier molecular flexibility index (Phi) is 6.20. The standard InChI is InChI=1S/C8H11N.C3H7NO/c1-9(2)8-6-4-3-5-7-8;1-4(2)3-5/h3-7H,1-2H3;3H,1-2H3. The first-order valence-electron chi connectivity index (χ1n) is 4.42. The molecule has 0 fully saturated rings. The largest absolute Gasteiger partial charge is 0.378 e. The van der Waals surface area contributed by atoms with Crippen LogP contribution in [0.5, 0.6) is 0 Å². The van der Waals surface area contributed by atoms with E-state index >= 15 is 0 Å². The van der Waals surface area contributed by atoms with Gasteiger partial charge >= 0.3 is 0 Å². The van der Waals surface area contributed by atoms with Gasteiger partial charge in [0, 0.05) is 33.9 Å². The minimum atomic E-state index is 0.750. The Balaban J connectivity index is 0.000000292. The number of hydrogen-bond acceptors (Lipinski definition) is 2. The van der Waals surface area contributed by atoms with Crippen LogP contribution < -0.4 is 4.90 Å². The lowest BCUT2D eigenvalue weighted by atomic mass is 10.3. The van der Waals surface area contributed by atoms with Crippen molar-refractivity contribution in [3.05, 3.63) is 30.3 Å². The third-order valence-electron chi connectivity index (χ3n) is 1.48. The third kappa shape index (κ3) is 6.06. The maximum absolute atomic E-state index is 9.43. The summed E-state index contributed by atoms with van der Waals surface area (Å²) < 4.78 is 0. The summed E-state index contributed by atoms with van der Waals surface area (Å²) in [5.74, 6) is 0. The normalized spacial score (nSPS) is 8.29. The molecule has 0 heterocycles. The SMILES string of the molecule is CN(C)C=O.CN(C)c1ccccc1. The van der Waals surface area contributed by atoms with Crippen LogP contribution in [0.3, 0.4) is 0 Å². The van der Waals surface area contributed by atoms with Crippen LogP contribution in [0.15, 0.2) is 30.3 Å². The molecule has 14 heavy (non-hydrogen) atoms. The summed E-state index contributed by atoms with van der Waals surface area (Å²) in [5, 5.41) is 0. The van der Waals surface area contributed by atoms with Crippen LogP contribution >= 0.6 is 0 Å². The first kappa shape index (κ1) is 12.5. The molecule has 1 aromatic rings. The van der Waals surface area contributed by atoms with E-state index in [4.69, 9.17) is 0 Å². The van der Waals surface area contributed by atoms with Crippen molar-refractivity contribution in [1.29, 1.82) is 0 Å². The molecule has 1 rings (SSSR count). The number of rotatable bonds is 2. The number of benzene rings is 1. The predicted molar refractivity (Wildman–Crippen MR) is 60.5 cm³/mol. The number of carbonyl (C=O) groups excluding carboxylic acids is 1. The van der Waals surface area contributed by atoms with Crippen molar-refractivity contribution in [3.8, 4) is 0 Å². The molecule has 0 saturated heterocycles. The molecule has 0 spiro atoms. The van der Waals surface area contributed by atoms with E-state index in [1.165, 1.54) is 10.6 Å². The van der Waals surface area contributed by atoms with Crippen molar-refractivity contribution in [2.24, 2.45) is 0 Å². The van der Waals surface area contributed by atoms with Gasteiger partial charge in [0.05, 0.1) is 0 Å². The van der Waals surface area contributed by atoms with E-state index in [-0.39, 0.29) is 0 Å². The van der Waals surface area contributed by atoms with E-state index < -0.39 is 0 Å². The Bertz CT molecular complexity index is 245. The Hall–Kier alpha value is -1.51. The first-order valence-corrected chi connectivity index (χ1v) is 4.42. The highest BCUT2D eigenvalue weighted by Crippen LogP contribution is 2.07. The topological polar surface area (TPSA) is 23.6 Å². The molecule has 0 saturated carbocycles. The Morgan fingerprint density at radius 3 is 1.64 bits per heavy atom. The fourth-order valence-electron chi connectivity index (χ4n) is 0.726. The molecule has 1 aromatic carbocycles. The van der Waals surface area contributed by atoms with Crippen LogP contribution in [-0.2, 0) is 4.79 Å². The number of hydrogen-bond donors (Lipinski definition) is 0. The van der Waals surface area contributed by atoms with Gasteiger partial charge in [-0.2, -0.15) is 0 Å². The number of amides is 1. The molecule has 0 N–H and O–H groups in total. The van der Waals surface area contributed by atoms with E-state index in [1.54, 1.807) is 14.1 Å². The molecule has 78 valence electrons. The predicted octanol–water partition coefficient (Wildman–Crippen LogP) is 1.46. The van der Waals surface area contributed by atoms with Crippen LogP contribution in [0.4, 0.5) is 5.69 Å². The molecule has 1 amide bonds. The summed E-state index contributed by atoms with van der Waals surface area (Å²) in [6.07, 6.45) is 0.750. The summed E-state index contributed by atoms with van der Waals surface area (Å²) in [7, 11) is 7.45. The van der Waals surface area contributed by atoms with Gasteiger partial charge in [-0.3, -0.25) is 4.79 Å². The molecule has 0 radical (unpaired) electrons. The number of para-hydroxylation sites is 1. The number of carbonyl (C=O) groups is 1. The lowest BCUT2D eigenvalue weighted by molar-refractivity contribution is -0.115. The van der Waals surface area contributed by atoms with Crippen LogP contribution in [0.25, 0.3) is 0 Å². The van der Waals surface area contributed by atoms with Gasteiger partial charge in [-0.25, -0.2) is 0 Å². The van der Waals surface area contributed by atoms with Crippen molar-refractivity contribution in [3.63, 3.8) is 0 Å². The van der Waals surface area contributed by atoms with Gasteiger partial charge in [0.1, 0.15) is 0 Å². The van der Waals surface area contributed by atoms with Gasteiger partial charge in [0.2, 0.25) is 6.41 Å². The molecule has 0 bridgehead atoms. The maximum atomic E-state index is 9.43. The van der Waals surface area contributed by atoms with Crippen LogP contribution in [0.1, 0.15) is 0 Å². The van der Waals surface area contributed by atoms with Gasteiger partial charge in [0.15, 0.2) is 0 Å². The maximum Gasteiger partial charge on any atom is 0.209 e. The van der Waals surface area contributed by atoms with E-state index in [1.807, 2.05) is 32.3 Å². The van der Waals surface area contributed by atoms with Crippen molar-refractivity contribution >= 4 is 12.1 Å². The van der Waals surface area contributed by atoms with Crippen molar-refractivity contribution in [2.75, 3.05) is 33.1 Å². The van der Waals surface area contributed by atoms with Crippen LogP contribution in [0.2, 0.25) is 0 Å². The average molecular weight is 194 g/mol. The third-order valence-corrected chi connectivity index (χ3v) is 1.48. The number of nitrogens with zero attached hydrogens (tertiary/aromatic N) is 2. The Morgan fingerprint density at radius 2 is 1.43 bits per heavy atom. The lowest BCUT2D eigenvalue weighted by Crippen LogP contribution is -2.07. The minimum Gasteiger partial charge on any atom is -0.378 e. The second kappa shape index (κ2) is 6.95. The summed E-state index contributed by atoms with van der Waals surface area (Å²) in [5.41, 5.74) is 1.25. The average Bonchev–Trinajstić information content (AvgIpc) is 2.20. The molecule has 0 aliphatic heterocycles. The van der Waals surface area contributed by atoms with E-state index in [0.29, 0.717) is 0 Å². The number of anilines is 1. The van der Waals surface area contributed by atoms with Crippen molar-refractivity contribution < 1.29 is 4.79 Å². The van der Waals surface area contributed by atoms with Crippen molar-refractivity contribution in [2.45, 2.75) is 0 Å². The summed E-state index contributed by atoms with van der Waals surface area (Å²) in [4.78, 5) is 13.0. The van der Waals surface area contributed by atoms with E-state index in [0.717, 1.165) is 6.41 Å². The van der Waals surface area contributed by atoms with Gasteiger partial charge in [-0.05, 0) is 12.1 Å². The van der Waals surface area contributed by atoms with E-state index in [9.17, 15) is 4.79 Å². The molecular weight excluding hydrogens is 176 g/mol. The molecule has 0 atom stereocenters. The molecule has 0 aromatic heterocycles. The highest BCUT2D eigenvalue weighted by molar-refractivity contribution is 5.45. The first-order chi connectivity index (χ1) is 6.57. The Labute approximate surface area is 85.9 Å². The smallest absolute Gasteiger partial charge is 0.209 e. The fraction of sp³-hybridized carbons (Fsp3) is 0.364. The van der Waals surface area contributed by atoms with E-state index in [2.05, 4.69) is 17.0 Å². The Morgan fingerprint density at radius 1 is 1.00 bits per heavy atom. The highest BCUT2D eigenvalue weighted by Gasteiger charge is 1.87. The monoisotopic (exact) mass is 194 g/mol. The lowest BCUT2D eigenvalue weighted by Gasteiger charge is -2.10. The summed E-state index contributed by atoms with van der Waals surface area (Å²) in [6.45, 7) is 0. The molecule has 0 unspecified atom stereocenters. The summed E-state index contributed by atoms with van der Waals surface area (Å²) in [6, 6.07) is 10.3. The zero-order chi connectivity index (χ0) is 11.0. The molecule has 3 heteroatoms. The highest BCUT2D eigenvalue weighted by atomic mass is 16.1. The minimum absolute atomic E-state index is 0.750. The molecule has 3 nitrogen and oxygen atoms in total. The van der Waals surface area contributed by atoms with Gasteiger partial charge in [0.25, 0.3) is 0 Å². The zero-order valence-electron chi connectivity index (χ0n) is 9.27. The van der Waals surface area contributed by atoms with Gasteiger partial charge in [-0.1, -0.05) is 18.2 Å². The quantitative estimate of drug-likeness (QED) is 0.665. The van der Waals surface area contributed by atoms with Gasteiger partial charge in [-0.15, -0.1) is 0 Å². The van der Waals surface area contributed by atoms with Crippen LogP contribution in [0, 0.1) is 0 Å². The second-order valence-corrected chi connectivity index (χ2v) is 3.30. The summed E-state index contributed by atoms with van der Waals surface area (Å²) >= 11 is 0. The fourth-order valence-corrected chi connectivity index (χ4v) is 0.726. The van der Waals surface area contributed by atoms with Gasteiger partial charge < -0.3 is 9.80 Å². The molecule has 0 aliphatic rings. The second-order valence-electron chi connectivity index (χ2n) is 3.30. The van der Waals surface area contributed by atoms with Crippen molar-refractivity contribution in [1.82, 2.24) is 4.90 Å². The molecule has 0 aliphatic carbocycles. The van der Waals surface area contributed by atoms with Crippen LogP contribution in [-0.4, -0.2) is 39.5 Å². The molecular formula is C11H18N2O.